The van der Waals surface area contributed by atoms with Crippen LogP contribution in [-0.2, 0) is 32.0 Å². The Balaban J connectivity index is 1.58. The highest BCUT2D eigenvalue weighted by molar-refractivity contribution is 5.81. The lowest BCUT2D eigenvalue weighted by atomic mass is 10.0. The van der Waals surface area contributed by atoms with Crippen LogP contribution in [0.3, 0.4) is 0 Å². The molecule has 0 radical (unpaired) electrons. The van der Waals surface area contributed by atoms with Crippen molar-refractivity contribution in [3.63, 3.8) is 0 Å². The van der Waals surface area contributed by atoms with Gasteiger partial charge in [0.2, 0.25) is 0 Å². The maximum atomic E-state index is 12.1. The summed E-state index contributed by atoms with van der Waals surface area (Å²) in [5, 5.41) is 2.59. The minimum absolute atomic E-state index is 0.0414. The number of hydrogen-bond acceptors (Lipinski definition) is 5. The highest BCUT2D eigenvalue weighted by Crippen LogP contribution is 2.23. The van der Waals surface area contributed by atoms with Gasteiger partial charge < -0.3 is 19.5 Å². The molecule has 0 fully saturated rings. The van der Waals surface area contributed by atoms with E-state index in [9.17, 15) is 9.59 Å². The number of nitrogens with one attached hydrogen (secondary N) is 1. The van der Waals surface area contributed by atoms with Gasteiger partial charge in [-0.3, -0.25) is 0 Å². The smallest absolute Gasteiger partial charge is 0.408 e. The van der Waals surface area contributed by atoms with E-state index < -0.39 is 18.1 Å². The minimum Gasteiger partial charge on any atom is -0.467 e. The summed E-state index contributed by atoms with van der Waals surface area (Å²) in [6, 6.07) is 16.3. The molecule has 29 heavy (non-hydrogen) atoms. The number of ether oxygens (including phenoxy) is 3. The summed E-state index contributed by atoms with van der Waals surface area (Å²) in [5.41, 5.74) is 2.81. The second-order valence-electron chi connectivity index (χ2n) is 6.74. The summed E-state index contributed by atoms with van der Waals surface area (Å²) in [6.07, 6.45) is 4.68. The lowest BCUT2D eigenvalue weighted by Crippen LogP contribution is -2.43. The molecule has 1 heterocycles. The highest BCUT2D eigenvalue weighted by Gasteiger charge is 2.23. The van der Waals surface area contributed by atoms with Crippen molar-refractivity contribution in [1.29, 1.82) is 0 Å². The molecule has 0 aromatic heterocycles. The van der Waals surface area contributed by atoms with Gasteiger partial charge in [0.15, 0.2) is 0 Å². The number of carbonyl (C=O) groups excluding carboxylic acids is 2. The third-order valence-corrected chi connectivity index (χ3v) is 4.63. The molecular formula is C23H25NO5. The third-order valence-electron chi connectivity index (χ3n) is 4.63. The quantitative estimate of drug-likeness (QED) is 0.571. The Bertz CT molecular complexity index is 832. The molecule has 1 amide bonds. The first-order chi connectivity index (χ1) is 14.2. The molecule has 0 spiro atoms. The SMILES string of the molecule is COC(=O)[C@H](Cc1ccc([C@@H]2C=CCCO2)cc1)NC(=O)OCc1ccccc1. The van der Waals surface area contributed by atoms with Crippen LogP contribution in [0.2, 0.25) is 0 Å². The van der Waals surface area contributed by atoms with Crippen molar-refractivity contribution in [2.24, 2.45) is 0 Å². The summed E-state index contributed by atoms with van der Waals surface area (Å²) in [6.45, 7) is 0.840. The van der Waals surface area contributed by atoms with Crippen LogP contribution in [0.4, 0.5) is 4.79 Å². The average Bonchev–Trinajstić information content (AvgIpc) is 2.78. The molecule has 2 atom stereocenters. The van der Waals surface area contributed by atoms with E-state index in [1.54, 1.807) is 0 Å². The number of alkyl carbamates (subject to hydrolysis) is 1. The first-order valence-electron chi connectivity index (χ1n) is 9.58. The maximum Gasteiger partial charge on any atom is 0.408 e. The van der Waals surface area contributed by atoms with Gasteiger partial charge in [0.25, 0.3) is 0 Å². The van der Waals surface area contributed by atoms with Gasteiger partial charge in [0, 0.05) is 6.42 Å². The van der Waals surface area contributed by atoms with Crippen molar-refractivity contribution in [2.75, 3.05) is 13.7 Å². The Morgan fingerprint density at radius 3 is 2.52 bits per heavy atom. The molecule has 3 rings (SSSR count). The van der Waals surface area contributed by atoms with E-state index in [1.807, 2.05) is 60.7 Å². The molecule has 1 aliphatic rings. The van der Waals surface area contributed by atoms with E-state index in [4.69, 9.17) is 14.2 Å². The van der Waals surface area contributed by atoms with Crippen molar-refractivity contribution in [2.45, 2.75) is 31.6 Å². The normalized spacial score (nSPS) is 16.7. The predicted octanol–water partition coefficient (Wildman–Crippen LogP) is 3.71. The fourth-order valence-corrected chi connectivity index (χ4v) is 3.07. The largest absolute Gasteiger partial charge is 0.467 e. The van der Waals surface area contributed by atoms with Crippen molar-refractivity contribution in [3.8, 4) is 0 Å². The fourth-order valence-electron chi connectivity index (χ4n) is 3.07. The van der Waals surface area contributed by atoms with Gasteiger partial charge in [-0.25, -0.2) is 9.59 Å². The number of methoxy groups -OCH3 is 1. The van der Waals surface area contributed by atoms with E-state index in [-0.39, 0.29) is 12.7 Å². The molecule has 0 aliphatic carbocycles. The van der Waals surface area contributed by atoms with Crippen molar-refractivity contribution in [3.05, 3.63) is 83.4 Å². The van der Waals surface area contributed by atoms with Crippen LogP contribution >= 0.6 is 0 Å². The van der Waals surface area contributed by atoms with Gasteiger partial charge in [0.1, 0.15) is 18.8 Å². The molecule has 152 valence electrons. The summed E-state index contributed by atoms with van der Waals surface area (Å²) in [4.78, 5) is 24.3. The van der Waals surface area contributed by atoms with E-state index in [0.717, 1.165) is 23.1 Å². The van der Waals surface area contributed by atoms with Gasteiger partial charge in [-0.2, -0.15) is 0 Å². The average molecular weight is 395 g/mol. The maximum absolute atomic E-state index is 12.1. The highest BCUT2D eigenvalue weighted by atomic mass is 16.6. The Morgan fingerprint density at radius 2 is 1.86 bits per heavy atom. The molecule has 1 aliphatic heterocycles. The van der Waals surface area contributed by atoms with Crippen molar-refractivity contribution in [1.82, 2.24) is 5.32 Å². The summed E-state index contributed by atoms with van der Waals surface area (Å²) in [7, 11) is 1.29. The minimum atomic E-state index is -0.833. The topological polar surface area (TPSA) is 73.9 Å². The van der Waals surface area contributed by atoms with Crippen molar-refractivity contribution >= 4 is 12.1 Å². The molecule has 0 unspecified atom stereocenters. The van der Waals surface area contributed by atoms with Gasteiger partial charge in [0.05, 0.1) is 13.7 Å². The van der Waals surface area contributed by atoms with E-state index in [0.29, 0.717) is 13.0 Å². The predicted molar refractivity (Wildman–Crippen MR) is 108 cm³/mol. The lowest BCUT2D eigenvalue weighted by molar-refractivity contribution is -0.143. The Kier molecular flexibility index (Phi) is 7.41. The van der Waals surface area contributed by atoms with E-state index in [2.05, 4.69) is 11.4 Å². The molecule has 0 saturated heterocycles. The zero-order chi connectivity index (χ0) is 20.5. The van der Waals surface area contributed by atoms with Crippen LogP contribution in [0.25, 0.3) is 0 Å². The van der Waals surface area contributed by atoms with Crippen LogP contribution in [0.1, 0.15) is 29.2 Å². The van der Waals surface area contributed by atoms with Crippen LogP contribution in [0.15, 0.2) is 66.7 Å². The number of esters is 1. The molecular weight excluding hydrogens is 370 g/mol. The summed E-state index contributed by atoms with van der Waals surface area (Å²) < 4.78 is 15.8. The number of benzene rings is 2. The van der Waals surface area contributed by atoms with Crippen LogP contribution in [0.5, 0.6) is 0 Å². The Labute approximate surface area is 170 Å². The zero-order valence-electron chi connectivity index (χ0n) is 16.4. The first kappa shape index (κ1) is 20.6. The number of amides is 1. The van der Waals surface area contributed by atoms with Gasteiger partial charge in [-0.15, -0.1) is 0 Å². The van der Waals surface area contributed by atoms with Crippen LogP contribution in [-0.4, -0.2) is 31.8 Å². The van der Waals surface area contributed by atoms with Crippen LogP contribution < -0.4 is 5.32 Å². The third kappa shape index (κ3) is 6.19. The van der Waals surface area contributed by atoms with Crippen molar-refractivity contribution < 1.29 is 23.8 Å². The second-order valence-corrected chi connectivity index (χ2v) is 6.74. The standard InChI is InChI=1S/C23H25NO5/c1-27-22(25)20(24-23(26)29-16-18-7-3-2-4-8-18)15-17-10-12-19(13-11-17)21-9-5-6-14-28-21/h2-5,7-13,20-21H,6,14-16H2,1H3,(H,24,26)/t20-,21-/m0/s1. The molecule has 2 aromatic rings. The number of carbonyl (C=O) groups is 2. The second kappa shape index (κ2) is 10.4. The monoisotopic (exact) mass is 395 g/mol. The van der Waals surface area contributed by atoms with Gasteiger partial charge in [-0.1, -0.05) is 66.7 Å². The molecule has 1 N–H and O–H groups in total. The molecule has 0 saturated carbocycles. The van der Waals surface area contributed by atoms with Crippen LogP contribution in [0, 0.1) is 0 Å². The molecule has 6 heteroatoms. The molecule has 0 bridgehead atoms. The van der Waals surface area contributed by atoms with E-state index in [1.165, 1.54) is 7.11 Å². The van der Waals surface area contributed by atoms with E-state index >= 15 is 0 Å². The zero-order valence-corrected chi connectivity index (χ0v) is 16.4. The summed E-state index contributed by atoms with van der Waals surface area (Å²) in [5.74, 6) is -0.524. The van der Waals surface area contributed by atoms with Gasteiger partial charge in [-0.05, 0) is 23.1 Å². The fraction of sp³-hybridized carbons (Fsp3) is 0.304. The first-order valence-corrected chi connectivity index (χ1v) is 9.58. The van der Waals surface area contributed by atoms with Gasteiger partial charge >= 0.3 is 12.1 Å². The summed E-state index contributed by atoms with van der Waals surface area (Å²) >= 11 is 0. The number of hydrogen-bond donors (Lipinski definition) is 1. The Morgan fingerprint density at radius 1 is 1.10 bits per heavy atom. The number of rotatable bonds is 7. The Hall–Kier alpha value is -3.12. The molecule has 6 nitrogen and oxygen atoms in total. The molecule has 2 aromatic carbocycles. The lowest BCUT2D eigenvalue weighted by Gasteiger charge is -2.19.